The fourth-order valence-corrected chi connectivity index (χ4v) is 3.84. The van der Waals surface area contributed by atoms with Gasteiger partial charge in [-0.3, -0.25) is 9.59 Å². The molecule has 3 aliphatic rings. The number of fused-ring (bicyclic) bond motifs is 5. The van der Waals surface area contributed by atoms with E-state index in [1.54, 1.807) is 6.07 Å². The second kappa shape index (κ2) is 4.19. The number of benzene rings is 1. The number of carbonyl (C=O) groups excluding carboxylic acids is 2. The predicted octanol–water partition coefficient (Wildman–Crippen LogP) is 2.04. The molecular formula is C16H11ClN2O3. The quantitative estimate of drug-likeness (QED) is 0.587. The van der Waals surface area contributed by atoms with E-state index in [2.05, 4.69) is 0 Å². The zero-order valence-electron chi connectivity index (χ0n) is 11.6. The Kier molecular flexibility index (Phi) is 2.57. The minimum Gasteiger partial charge on any atom is -0.362 e. The van der Waals surface area contributed by atoms with Crippen molar-refractivity contribution in [3.63, 3.8) is 0 Å². The van der Waals surface area contributed by atoms with Crippen molar-refractivity contribution in [3.8, 4) is 6.07 Å². The molecule has 3 heterocycles. The lowest BCUT2D eigenvalue weighted by molar-refractivity contribution is -0.126. The number of hydrogen-bond donors (Lipinski definition) is 0. The monoisotopic (exact) mass is 314 g/mol. The Morgan fingerprint density at radius 2 is 2.14 bits per heavy atom. The number of nitriles is 1. The third kappa shape index (κ3) is 1.51. The largest absolute Gasteiger partial charge is 0.362 e. The Morgan fingerprint density at radius 1 is 1.36 bits per heavy atom. The second-order valence-electron chi connectivity index (χ2n) is 5.91. The first-order valence-corrected chi connectivity index (χ1v) is 7.29. The summed E-state index contributed by atoms with van der Waals surface area (Å²) in [6.45, 7) is 1.81. The number of nitrogens with zero attached hydrogens (tertiary/aromatic N) is 2. The van der Waals surface area contributed by atoms with E-state index in [0.717, 1.165) is 4.90 Å². The van der Waals surface area contributed by atoms with Crippen LogP contribution in [0.2, 0.25) is 5.02 Å². The van der Waals surface area contributed by atoms with E-state index in [1.807, 2.05) is 25.1 Å². The summed E-state index contributed by atoms with van der Waals surface area (Å²) in [5.41, 5.74) is -0.248. The third-order valence-electron chi connectivity index (χ3n) is 4.65. The molecule has 5 nitrogen and oxygen atoms in total. The molecule has 0 spiro atoms. The average molecular weight is 315 g/mol. The summed E-state index contributed by atoms with van der Waals surface area (Å²) < 4.78 is 5.76. The minimum absolute atomic E-state index is 0.248. The van der Waals surface area contributed by atoms with Crippen LogP contribution in [0.25, 0.3) is 0 Å². The van der Waals surface area contributed by atoms with Gasteiger partial charge >= 0.3 is 0 Å². The number of hydrogen-bond acceptors (Lipinski definition) is 4. The minimum atomic E-state index is -0.748. The molecule has 3 aliphatic heterocycles. The van der Waals surface area contributed by atoms with Gasteiger partial charge in [0.05, 0.1) is 34.8 Å². The lowest BCUT2D eigenvalue weighted by atomic mass is 9.78. The molecule has 1 aromatic rings. The van der Waals surface area contributed by atoms with E-state index in [9.17, 15) is 14.9 Å². The number of rotatable bonds is 1. The van der Waals surface area contributed by atoms with Crippen molar-refractivity contribution in [2.24, 2.45) is 11.8 Å². The first-order valence-electron chi connectivity index (χ1n) is 6.91. The van der Waals surface area contributed by atoms with E-state index < -0.39 is 17.4 Å². The van der Waals surface area contributed by atoms with Crippen LogP contribution < -0.4 is 4.90 Å². The molecule has 22 heavy (non-hydrogen) atoms. The SMILES string of the molecule is C[C@@]12C=C[C@@H](O1)[C@H]1C(=O)N(c3cc(Cl)ccc3C#N)C(=O)[C@H]12. The predicted molar refractivity (Wildman–Crippen MR) is 78.1 cm³/mol. The summed E-state index contributed by atoms with van der Waals surface area (Å²) in [5, 5.41) is 9.60. The normalized spacial score (nSPS) is 35.1. The summed E-state index contributed by atoms with van der Waals surface area (Å²) >= 11 is 5.97. The molecule has 0 unspecified atom stereocenters. The molecule has 0 radical (unpaired) electrons. The van der Waals surface area contributed by atoms with Crippen LogP contribution in [0.1, 0.15) is 12.5 Å². The van der Waals surface area contributed by atoms with Crippen molar-refractivity contribution in [1.29, 1.82) is 5.26 Å². The first kappa shape index (κ1) is 13.5. The number of amides is 2. The highest BCUT2D eigenvalue weighted by Gasteiger charge is 2.66. The van der Waals surface area contributed by atoms with Crippen molar-refractivity contribution in [2.45, 2.75) is 18.6 Å². The molecule has 0 aliphatic carbocycles. The van der Waals surface area contributed by atoms with E-state index in [4.69, 9.17) is 16.3 Å². The smallest absolute Gasteiger partial charge is 0.241 e. The van der Waals surface area contributed by atoms with Crippen molar-refractivity contribution < 1.29 is 14.3 Å². The van der Waals surface area contributed by atoms with Gasteiger partial charge < -0.3 is 4.74 Å². The van der Waals surface area contributed by atoms with E-state index >= 15 is 0 Å². The van der Waals surface area contributed by atoms with Crippen molar-refractivity contribution in [1.82, 2.24) is 0 Å². The highest BCUT2D eigenvalue weighted by molar-refractivity contribution is 6.31. The molecule has 2 amide bonds. The molecular weight excluding hydrogens is 304 g/mol. The van der Waals surface area contributed by atoms with Gasteiger partial charge in [-0.15, -0.1) is 0 Å². The maximum Gasteiger partial charge on any atom is 0.241 e. The molecule has 2 fully saturated rings. The van der Waals surface area contributed by atoms with Crippen LogP contribution in [0.3, 0.4) is 0 Å². The van der Waals surface area contributed by atoms with E-state index in [-0.39, 0.29) is 29.2 Å². The Balaban J connectivity index is 1.84. The number of carbonyl (C=O) groups is 2. The summed E-state index contributed by atoms with van der Waals surface area (Å²) in [7, 11) is 0. The van der Waals surface area contributed by atoms with Crippen molar-refractivity contribution in [3.05, 3.63) is 40.9 Å². The summed E-state index contributed by atoms with van der Waals surface area (Å²) in [4.78, 5) is 26.7. The topological polar surface area (TPSA) is 70.4 Å². The number of anilines is 1. The standard InChI is InChI=1S/C16H11ClN2O3/c1-16-5-4-11(22-16)12-13(16)15(21)19(14(12)20)10-6-9(17)3-2-8(10)7-18/h2-6,11-13H,1H3/t11-,12-,13+,16+/m1/s1. The second-order valence-corrected chi connectivity index (χ2v) is 6.35. The van der Waals surface area contributed by atoms with Gasteiger partial charge in [0.25, 0.3) is 0 Å². The highest BCUT2D eigenvalue weighted by atomic mass is 35.5. The molecule has 0 N–H and O–H groups in total. The van der Waals surface area contributed by atoms with Crippen LogP contribution in [-0.2, 0) is 14.3 Å². The first-order chi connectivity index (χ1) is 10.5. The van der Waals surface area contributed by atoms with E-state index in [1.165, 1.54) is 12.1 Å². The lowest BCUT2D eigenvalue weighted by Gasteiger charge is -2.24. The fraction of sp³-hybridized carbons (Fsp3) is 0.312. The zero-order chi connectivity index (χ0) is 15.6. The summed E-state index contributed by atoms with van der Waals surface area (Å²) in [5.74, 6) is -1.72. The summed E-state index contributed by atoms with van der Waals surface area (Å²) in [6.07, 6.45) is 3.30. The van der Waals surface area contributed by atoms with Crippen molar-refractivity contribution >= 4 is 29.1 Å². The van der Waals surface area contributed by atoms with Gasteiger partial charge in [-0.2, -0.15) is 5.26 Å². The average Bonchev–Trinajstić information content (AvgIpc) is 3.08. The molecule has 2 saturated heterocycles. The Morgan fingerprint density at radius 3 is 2.82 bits per heavy atom. The molecule has 4 rings (SSSR count). The molecule has 110 valence electrons. The van der Waals surface area contributed by atoms with Crippen LogP contribution in [0.5, 0.6) is 0 Å². The molecule has 0 saturated carbocycles. The van der Waals surface area contributed by atoms with E-state index in [0.29, 0.717) is 5.02 Å². The van der Waals surface area contributed by atoms with Gasteiger partial charge in [-0.1, -0.05) is 23.8 Å². The van der Waals surface area contributed by atoms with Gasteiger partial charge in [0.2, 0.25) is 11.8 Å². The lowest BCUT2D eigenvalue weighted by Crippen LogP contribution is -2.38. The van der Waals surface area contributed by atoms with Gasteiger partial charge in [0.1, 0.15) is 6.07 Å². The summed E-state index contributed by atoms with van der Waals surface area (Å²) in [6, 6.07) is 6.56. The van der Waals surface area contributed by atoms with Crippen LogP contribution in [0.4, 0.5) is 5.69 Å². The molecule has 1 aromatic carbocycles. The number of halogens is 1. The van der Waals surface area contributed by atoms with Gasteiger partial charge in [-0.05, 0) is 25.1 Å². The fourth-order valence-electron chi connectivity index (χ4n) is 3.67. The Bertz CT molecular complexity index is 797. The molecule has 6 heteroatoms. The third-order valence-corrected chi connectivity index (χ3v) is 4.89. The van der Waals surface area contributed by atoms with Crippen LogP contribution in [0.15, 0.2) is 30.4 Å². The maximum absolute atomic E-state index is 12.8. The maximum atomic E-state index is 12.8. The van der Waals surface area contributed by atoms with Crippen LogP contribution >= 0.6 is 11.6 Å². The van der Waals surface area contributed by atoms with Crippen molar-refractivity contribution in [2.75, 3.05) is 4.90 Å². The zero-order valence-corrected chi connectivity index (χ0v) is 12.4. The van der Waals surface area contributed by atoms with Gasteiger partial charge in [0.15, 0.2) is 0 Å². The Labute approximate surface area is 131 Å². The van der Waals surface area contributed by atoms with Gasteiger partial charge in [-0.25, -0.2) is 4.90 Å². The molecule has 4 atom stereocenters. The highest BCUT2D eigenvalue weighted by Crippen LogP contribution is 2.52. The van der Waals surface area contributed by atoms with Crippen LogP contribution in [0, 0.1) is 23.2 Å². The Hall–Kier alpha value is -2.16. The number of imide groups is 1. The molecule has 0 aromatic heterocycles. The molecule has 2 bridgehead atoms. The van der Waals surface area contributed by atoms with Crippen LogP contribution in [-0.4, -0.2) is 23.5 Å². The number of ether oxygens (including phenoxy) is 1. The van der Waals surface area contributed by atoms with Gasteiger partial charge in [0, 0.05) is 5.02 Å².